The fourth-order valence-electron chi connectivity index (χ4n) is 6.43. The van der Waals surface area contributed by atoms with Gasteiger partial charge in [0.25, 0.3) is 5.91 Å². The van der Waals surface area contributed by atoms with Crippen LogP contribution in [0.15, 0.2) is 30.9 Å². The van der Waals surface area contributed by atoms with E-state index in [4.69, 9.17) is 4.74 Å². The fraction of sp³-hybridized carbons (Fsp3) is 0.607. The number of thioether (sulfide) groups is 1. The van der Waals surface area contributed by atoms with Gasteiger partial charge in [-0.1, -0.05) is 48.0 Å². The number of nitrogens with zero attached hydrogens (tertiary/aromatic N) is 2. The van der Waals surface area contributed by atoms with Crippen LogP contribution >= 0.6 is 27.7 Å². The van der Waals surface area contributed by atoms with Gasteiger partial charge in [-0.25, -0.2) is 0 Å². The van der Waals surface area contributed by atoms with Crippen molar-refractivity contribution in [3.8, 4) is 0 Å². The summed E-state index contributed by atoms with van der Waals surface area (Å²) in [4.78, 5) is 45.4. The Morgan fingerprint density at radius 2 is 2.08 bits per heavy atom. The molecule has 3 unspecified atom stereocenters. The number of carbonyl (C=O) groups is 3. The lowest BCUT2D eigenvalue weighted by Gasteiger charge is -2.41. The maximum Gasteiger partial charge on any atom is 0.310 e. The Bertz CT molecular complexity index is 1100. The summed E-state index contributed by atoms with van der Waals surface area (Å²) in [5.41, 5.74) is 2.74. The Labute approximate surface area is 232 Å². The highest BCUT2D eigenvalue weighted by Gasteiger charge is 2.76. The number of hydrogen-bond acceptors (Lipinski definition) is 6. The topological polar surface area (TPSA) is 87.2 Å². The van der Waals surface area contributed by atoms with Gasteiger partial charge in [-0.3, -0.25) is 14.4 Å². The van der Waals surface area contributed by atoms with Crippen molar-refractivity contribution < 1.29 is 24.2 Å². The molecular formula is C28H37BrN2O5S. The molecule has 2 amide bonds. The number of likely N-dealkylation sites (tertiary alicyclic amines) is 1. The van der Waals surface area contributed by atoms with Crippen molar-refractivity contribution in [2.75, 3.05) is 24.7 Å². The Hall–Kier alpha value is -1.84. The molecule has 9 heteroatoms. The van der Waals surface area contributed by atoms with E-state index in [0.29, 0.717) is 6.42 Å². The first-order valence-electron chi connectivity index (χ1n) is 12.9. The summed E-state index contributed by atoms with van der Waals surface area (Å²) < 4.78 is 4.63. The number of rotatable bonds is 9. The number of halogens is 1. The standard InChI is InChI=1S/C28H37BrN2O5S/c1-7-11-30(19-12-16(5)9-10-17(19)6)26(34)24-28-13-18(29)23(37-28)21(27(35)36-8-2)22(28)25(33)31(24)20(14-32)15(3)4/h7,9-10,12,15,18,20-24,32H,1,8,11,13-14H2,2-6H3/t18?,20-,21+,22-,23+,24?,28?/m0/s1. The first kappa shape index (κ1) is 28.2. The van der Waals surface area contributed by atoms with Gasteiger partial charge >= 0.3 is 5.97 Å². The quantitative estimate of drug-likeness (QED) is 0.266. The zero-order valence-electron chi connectivity index (χ0n) is 22.1. The van der Waals surface area contributed by atoms with Gasteiger partial charge in [0.15, 0.2) is 0 Å². The van der Waals surface area contributed by atoms with Crippen LogP contribution in [0.5, 0.6) is 0 Å². The lowest BCUT2D eigenvalue weighted by molar-refractivity contribution is -0.154. The number of hydrogen-bond donors (Lipinski definition) is 1. The van der Waals surface area contributed by atoms with E-state index in [1.807, 2.05) is 45.9 Å². The molecule has 4 rings (SSSR count). The zero-order chi connectivity index (χ0) is 27.2. The third-order valence-electron chi connectivity index (χ3n) is 8.07. The molecule has 7 nitrogen and oxygen atoms in total. The molecule has 0 radical (unpaired) electrons. The zero-order valence-corrected chi connectivity index (χ0v) is 24.5. The lowest BCUT2D eigenvalue weighted by atomic mass is 9.71. The van der Waals surface area contributed by atoms with Crippen molar-refractivity contribution >= 4 is 51.2 Å². The summed E-state index contributed by atoms with van der Waals surface area (Å²) >= 11 is 5.35. The Balaban J connectivity index is 1.88. The Morgan fingerprint density at radius 1 is 1.38 bits per heavy atom. The molecular weight excluding hydrogens is 556 g/mol. The van der Waals surface area contributed by atoms with E-state index in [-0.39, 0.29) is 53.5 Å². The minimum atomic E-state index is -0.834. The van der Waals surface area contributed by atoms with Crippen LogP contribution in [-0.4, -0.2) is 74.5 Å². The number of alkyl halides is 1. The van der Waals surface area contributed by atoms with E-state index in [1.54, 1.807) is 34.6 Å². The monoisotopic (exact) mass is 592 g/mol. The molecule has 3 aliphatic heterocycles. The number of carbonyl (C=O) groups excluding carboxylic acids is 3. The molecule has 37 heavy (non-hydrogen) atoms. The minimum absolute atomic E-state index is 0.0357. The third kappa shape index (κ3) is 4.44. The minimum Gasteiger partial charge on any atom is -0.466 e. The maximum atomic E-state index is 14.7. The van der Waals surface area contributed by atoms with Crippen molar-refractivity contribution in [1.82, 2.24) is 4.90 Å². The summed E-state index contributed by atoms with van der Waals surface area (Å²) in [6, 6.07) is 4.58. The SMILES string of the molecule is C=CCN(C(=O)C1N([C@@H](CO)C(C)C)C(=O)[C@@H]2[C@@H](C(=O)OCC)[C@@H]3SC12CC3Br)c1cc(C)ccc1C. The molecule has 0 saturated carbocycles. The molecule has 1 aromatic carbocycles. The highest BCUT2D eigenvalue weighted by Crippen LogP contribution is 2.68. The van der Waals surface area contributed by atoms with Gasteiger partial charge in [-0.2, -0.15) is 0 Å². The van der Waals surface area contributed by atoms with Crippen LogP contribution in [-0.2, 0) is 19.1 Å². The number of anilines is 1. The number of ether oxygens (including phenoxy) is 1. The average Bonchev–Trinajstić information content (AvgIpc) is 3.43. The number of esters is 1. The molecule has 0 aliphatic carbocycles. The van der Waals surface area contributed by atoms with Crippen LogP contribution in [0.2, 0.25) is 0 Å². The van der Waals surface area contributed by atoms with Gasteiger partial charge in [0.05, 0.1) is 35.8 Å². The van der Waals surface area contributed by atoms with Crippen molar-refractivity contribution in [2.24, 2.45) is 17.8 Å². The molecule has 3 aliphatic rings. The van der Waals surface area contributed by atoms with E-state index < -0.39 is 28.7 Å². The summed E-state index contributed by atoms with van der Waals surface area (Å²) in [7, 11) is 0. The van der Waals surface area contributed by atoms with Crippen molar-refractivity contribution in [3.63, 3.8) is 0 Å². The van der Waals surface area contributed by atoms with E-state index in [1.165, 1.54) is 0 Å². The Morgan fingerprint density at radius 3 is 2.68 bits per heavy atom. The number of benzene rings is 1. The maximum absolute atomic E-state index is 14.7. The fourth-order valence-corrected chi connectivity index (χ4v) is 10.0. The van der Waals surface area contributed by atoms with Gasteiger partial charge in [0.1, 0.15) is 6.04 Å². The summed E-state index contributed by atoms with van der Waals surface area (Å²) in [5.74, 6) is -2.24. The van der Waals surface area contributed by atoms with E-state index in [0.717, 1.165) is 16.8 Å². The number of amides is 2. The predicted molar refractivity (Wildman–Crippen MR) is 150 cm³/mol. The van der Waals surface area contributed by atoms with E-state index in [2.05, 4.69) is 22.5 Å². The summed E-state index contributed by atoms with van der Waals surface area (Å²) in [6.07, 6.45) is 2.27. The molecule has 0 aromatic heterocycles. The van der Waals surface area contributed by atoms with Gasteiger partial charge in [-0.05, 0) is 50.3 Å². The van der Waals surface area contributed by atoms with Crippen molar-refractivity contribution in [3.05, 3.63) is 42.0 Å². The number of aliphatic hydroxyl groups is 1. The number of aliphatic hydroxyl groups excluding tert-OH is 1. The van der Waals surface area contributed by atoms with Crippen molar-refractivity contribution in [2.45, 2.75) is 67.9 Å². The highest BCUT2D eigenvalue weighted by molar-refractivity contribution is 9.09. The van der Waals surface area contributed by atoms with Crippen LogP contribution in [0.4, 0.5) is 5.69 Å². The Kier molecular flexibility index (Phi) is 8.17. The second kappa shape index (κ2) is 10.7. The largest absolute Gasteiger partial charge is 0.466 e. The molecule has 1 spiro atoms. The smallest absolute Gasteiger partial charge is 0.310 e. The summed E-state index contributed by atoms with van der Waals surface area (Å²) in [5, 5.41) is 10.3. The number of fused-ring (bicyclic) bond motifs is 1. The van der Waals surface area contributed by atoms with Gasteiger partial charge in [0, 0.05) is 22.3 Å². The predicted octanol–water partition coefficient (Wildman–Crippen LogP) is 3.87. The molecule has 3 heterocycles. The van der Waals surface area contributed by atoms with E-state index >= 15 is 0 Å². The van der Waals surface area contributed by atoms with Crippen LogP contribution in [0, 0.1) is 31.6 Å². The van der Waals surface area contributed by atoms with Crippen LogP contribution in [0.3, 0.4) is 0 Å². The molecule has 7 atom stereocenters. The molecule has 1 aromatic rings. The number of aryl methyl sites for hydroxylation is 2. The summed E-state index contributed by atoms with van der Waals surface area (Å²) in [6.45, 7) is 13.7. The highest BCUT2D eigenvalue weighted by atomic mass is 79.9. The van der Waals surface area contributed by atoms with Gasteiger partial charge in [-0.15, -0.1) is 18.3 Å². The lowest BCUT2D eigenvalue weighted by Crippen LogP contribution is -2.59. The molecule has 202 valence electrons. The van der Waals surface area contributed by atoms with E-state index in [9.17, 15) is 19.5 Å². The van der Waals surface area contributed by atoms with Gasteiger partial charge < -0.3 is 19.6 Å². The van der Waals surface area contributed by atoms with Crippen molar-refractivity contribution in [1.29, 1.82) is 0 Å². The molecule has 3 fully saturated rings. The first-order valence-corrected chi connectivity index (χ1v) is 14.7. The molecule has 3 saturated heterocycles. The first-order chi connectivity index (χ1) is 17.5. The molecule has 1 N–H and O–H groups in total. The van der Waals surface area contributed by atoms with Gasteiger partial charge in [0.2, 0.25) is 5.91 Å². The van der Waals surface area contributed by atoms with Crippen LogP contribution < -0.4 is 4.90 Å². The van der Waals surface area contributed by atoms with Crippen LogP contribution in [0.25, 0.3) is 0 Å². The third-order valence-corrected chi connectivity index (χ3v) is 11.3. The average molecular weight is 594 g/mol. The molecule has 2 bridgehead atoms. The second-order valence-corrected chi connectivity index (χ2v) is 13.4. The van der Waals surface area contributed by atoms with Crippen LogP contribution in [0.1, 0.15) is 38.3 Å². The normalized spacial score (nSPS) is 31.0. The second-order valence-electron chi connectivity index (χ2n) is 10.7.